The number of anilines is 1. The summed E-state index contributed by atoms with van der Waals surface area (Å²) in [6.07, 6.45) is 3.41. The summed E-state index contributed by atoms with van der Waals surface area (Å²) < 4.78 is 1.96. The van der Waals surface area contributed by atoms with Crippen molar-refractivity contribution in [3.05, 3.63) is 35.1 Å². The number of benzene rings is 1. The zero-order valence-electron chi connectivity index (χ0n) is 14.8. The van der Waals surface area contributed by atoms with E-state index in [9.17, 15) is 0 Å². The molecule has 3 aromatic rings. The van der Waals surface area contributed by atoms with Gasteiger partial charge in [0, 0.05) is 17.0 Å². The number of hydrogen-bond donors (Lipinski definition) is 1. The molecule has 0 unspecified atom stereocenters. The number of hydrogen-bond acceptors (Lipinski definition) is 4. The normalized spacial score (nSPS) is 15.0. The van der Waals surface area contributed by atoms with Crippen molar-refractivity contribution in [1.29, 1.82) is 0 Å². The molecule has 0 radical (unpaired) electrons. The Bertz CT molecular complexity index is 933. The van der Waals surface area contributed by atoms with Crippen molar-refractivity contribution in [2.24, 2.45) is 5.92 Å². The molecule has 1 aliphatic rings. The third-order valence-electron chi connectivity index (χ3n) is 4.52. The molecule has 0 atom stereocenters. The summed E-state index contributed by atoms with van der Waals surface area (Å²) in [6, 6.07) is 7.62. The van der Waals surface area contributed by atoms with Crippen LogP contribution >= 0.6 is 11.6 Å². The number of aromatic nitrogens is 4. The fraction of sp³-hybridized carbons (Fsp3) is 0.421. The van der Waals surface area contributed by atoms with E-state index in [1.54, 1.807) is 0 Å². The molecule has 0 saturated heterocycles. The molecule has 1 aromatic carbocycles. The predicted octanol–water partition coefficient (Wildman–Crippen LogP) is 4.44. The van der Waals surface area contributed by atoms with Crippen LogP contribution in [0.25, 0.3) is 22.3 Å². The van der Waals surface area contributed by atoms with Crippen molar-refractivity contribution in [3.63, 3.8) is 0 Å². The smallest absolute Gasteiger partial charge is 0.164 e. The molecule has 1 aliphatic carbocycles. The van der Waals surface area contributed by atoms with Gasteiger partial charge in [-0.25, -0.2) is 14.6 Å². The highest BCUT2D eigenvalue weighted by atomic mass is 35.5. The Labute approximate surface area is 152 Å². The van der Waals surface area contributed by atoms with E-state index in [1.807, 2.05) is 28.9 Å². The van der Waals surface area contributed by atoms with Gasteiger partial charge < -0.3 is 5.73 Å². The molecule has 0 bridgehead atoms. The van der Waals surface area contributed by atoms with E-state index in [1.165, 1.54) is 12.8 Å². The van der Waals surface area contributed by atoms with E-state index < -0.39 is 0 Å². The maximum atomic E-state index is 6.35. The number of rotatable bonds is 3. The maximum Gasteiger partial charge on any atom is 0.164 e. The van der Waals surface area contributed by atoms with Gasteiger partial charge in [-0.2, -0.15) is 5.10 Å². The molecular weight excluding hydrogens is 334 g/mol. The van der Waals surface area contributed by atoms with Crippen molar-refractivity contribution >= 4 is 28.5 Å². The van der Waals surface area contributed by atoms with Gasteiger partial charge in [-0.1, -0.05) is 23.7 Å². The highest BCUT2D eigenvalue weighted by Gasteiger charge is 2.27. The number of halogens is 1. The summed E-state index contributed by atoms with van der Waals surface area (Å²) in [6.45, 7) is 6.35. The Balaban J connectivity index is 1.95. The van der Waals surface area contributed by atoms with Crippen molar-refractivity contribution in [2.45, 2.75) is 45.6 Å². The minimum Gasteiger partial charge on any atom is -0.383 e. The van der Waals surface area contributed by atoms with E-state index in [2.05, 4.69) is 25.8 Å². The monoisotopic (exact) mass is 355 g/mol. The van der Waals surface area contributed by atoms with Crippen molar-refractivity contribution < 1.29 is 0 Å². The number of nitrogen functional groups attached to an aromatic ring is 1. The van der Waals surface area contributed by atoms with Gasteiger partial charge in [0.15, 0.2) is 5.65 Å². The summed E-state index contributed by atoms with van der Waals surface area (Å²) in [7, 11) is 0. The second kappa shape index (κ2) is 5.70. The van der Waals surface area contributed by atoms with Gasteiger partial charge in [0.25, 0.3) is 0 Å². The summed E-state index contributed by atoms with van der Waals surface area (Å²) in [5.41, 5.74) is 8.71. The Morgan fingerprint density at radius 2 is 1.84 bits per heavy atom. The Morgan fingerprint density at radius 3 is 2.44 bits per heavy atom. The topological polar surface area (TPSA) is 69.6 Å². The molecule has 0 amide bonds. The predicted molar refractivity (Wildman–Crippen MR) is 102 cm³/mol. The molecule has 2 aromatic heterocycles. The van der Waals surface area contributed by atoms with Gasteiger partial charge in [0.05, 0.1) is 10.9 Å². The highest BCUT2D eigenvalue weighted by molar-refractivity contribution is 6.30. The van der Waals surface area contributed by atoms with Crippen LogP contribution in [-0.4, -0.2) is 19.7 Å². The first-order valence-electron chi connectivity index (χ1n) is 8.64. The lowest BCUT2D eigenvalue weighted by Crippen LogP contribution is -2.23. The highest BCUT2D eigenvalue weighted by Crippen LogP contribution is 2.36. The first-order valence-corrected chi connectivity index (χ1v) is 9.02. The second-order valence-corrected chi connectivity index (χ2v) is 8.25. The molecule has 25 heavy (non-hydrogen) atoms. The van der Waals surface area contributed by atoms with E-state index in [-0.39, 0.29) is 5.54 Å². The van der Waals surface area contributed by atoms with Crippen LogP contribution in [0, 0.1) is 5.92 Å². The van der Waals surface area contributed by atoms with Crippen LogP contribution in [-0.2, 0) is 12.0 Å². The number of nitrogens with two attached hydrogens (primary N) is 1. The number of fused-ring (bicyclic) bond motifs is 1. The Morgan fingerprint density at radius 1 is 1.16 bits per heavy atom. The lowest BCUT2D eigenvalue weighted by Gasteiger charge is -2.20. The van der Waals surface area contributed by atoms with Crippen LogP contribution < -0.4 is 5.73 Å². The van der Waals surface area contributed by atoms with Gasteiger partial charge in [-0.15, -0.1) is 0 Å². The fourth-order valence-corrected chi connectivity index (χ4v) is 3.17. The van der Waals surface area contributed by atoms with Crippen LogP contribution in [0.3, 0.4) is 0 Å². The fourth-order valence-electron chi connectivity index (χ4n) is 3.04. The van der Waals surface area contributed by atoms with E-state index in [0.717, 1.165) is 34.5 Å². The minimum absolute atomic E-state index is 0.208. The quantitative estimate of drug-likeness (QED) is 0.754. The summed E-state index contributed by atoms with van der Waals surface area (Å²) in [5, 5.41) is 6.36. The lowest BCUT2D eigenvalue weighted by molar-refractivity contribution is 0.366. The average molecular weight is 356 g/mol. The van der Waals surface area contributed by atoms with E-state index in [0.29, 0.717) is 16.8 Å². The Kier molecular flexibility index (Phi) is 3.72. The number of nitrogens with zero attached hydrogens (tertiary/aromatic N) is 4. The van der Waals surface area contributed by atoms with Gasteiger partial charge in [0.1, 0.15) is 17.3 Å². The molecule has 5 nitrogen and oxygen atoms in total. The zero-order chi connectivity index (χ0) is 17.8. The largest absolute Gasteiger partial charge is 0.383 e. The van der Waals surface area contributed by atoms with Crippen LogP contribution in [0.4, 0.5) is 5.82 Å². The van der Waals surface area contributed by atoms with Crippen LogP contribution in [0.15, 0.2) is 24.3 Å². The van der Waals surface area contributed by atoms with Gasteiger partial charge in [0.2, 0.25) is 0 Å². The third-order valence-corrected chi connectivity index (χ3v) is 4.77. The molecule has 6 heteroatoms. The average Bonchev–Trinajstić information content (AvgIpc) is 3.24. The first kappa shape index (κ1) is 16.3. The summed E-state index contributed by atoms with van der Waals surface area (Å²) in [5.74, 6) is 2.03. The SMILES string of the molecule is CC(C)(C)n1nc(-c2ccc(Cl)cc2)c2c(N)nc(CC3CC3)nc21. The standard InChI is InChI=1S/C19H22ClN5/c1-19(2,3)25-18-15(16(24-25)12-6-8-13(20)9-7-12)17(21)22-14(23-18)10-11-4-5-11/h6-9,11H,4-5,10H2,1-3H3,(H2,21,22,23). The molecule has 2 heterocycles. The molecule has 130 valence electrons. The summed E-state index contributed by atoms with van der Waals surface area (Å²) >= 11 is 6.03. The minimum atomic E-state index is -0.208. The van der Waals surface area contributed by atoms with Crippen molar-refractivity contribution in [2.75, 3.05) is 5.73 Å². The first-order chi connectivity index (χ1) is 11.8. The molecule has 0 spiro atoms. The van der Waals surface area contributed by atoms with Crippen LogP contribution in [0.2, 0.25) is 5.02 Å². The van der Waals surface area contributed by atoms with Crippen molar-refractivity contribution in [1.82, 2.24) is 19.7 Å². The lowest BCUT2D eigenvalue weighted by atomic mass is 10.1. The van der Waals surface area contributed by atoms with Gasteiger partial charge in [-0.05, 0) is 51.7 Å². The zero-order valence-corrected chi connectivity index (χ0v) is 15.5. The Hall–Kier alpha value is -2.14. The van der Waals surface area contributed by atoms with Crippen LogP contribution in [0.1, 0.15) is 39.4 Å². The maximum absolute atomic E-state index is 6.35. The second-order valence-electron chi connectivity index (χ2n) is 7.81. The van der Waals surface area contributed by atoms with E-state index >= 15 is 0 Å². The molecule has 1 saturated carbocycles. The molecule has 2 N–H and O–H groups in total. The van der Waals surface area contributed by atoms with E-state index in [4.69, 9.17) is 27.4 Å². The van der Waals surface area contributed by atoms with Gasteiger partial charge >= 0.3 is 0 Å². The molecule has 0 aliphatic heterocycles. The molecule has 1 fully saturated rings. The molecular formula is C19H22ClN5. The molecule has 4 rings (SSSR count). The summed E-state index contributed by atoms with van der Waals surface area (Å²) in [4.78, 5) is 9.40. The van der Waals surface area contributed by atoms with Gasteiger partial charge in [-0.3, -0.25) is 0 Å². The van der Waals surface area contributed by atoms with Crippen molar-refractivity contribution in [3.8, 4) is 11.3 Å². The third kappa shape index (κ3) is 3.09. The van der Waals surface area contributed by atoms with Crippen LogP contribution in [0.5, 0.6) is 0 Å².